The summed E-state index contributed by atoms with van der Waals surface area (Å²) in [7, 11) is 2.92. The summed E-state index contributed by atoms with van der Waals surface area (Å²) >= 11 is 1.64. The lowest BCUT2D eigenvalue weighted by Crippen LogP contribution is -2.08. The van der Waals surface area contributed by atoms with Crippen LogP contribution in [0.1, 0.15) is 15.9 Å². The highest BCUT2D eigenvalue weighted by molar-refractivity contribution is 7.99. The van der Waals surface area contributed by atoms with E-state index < -0.39 is 5.82 Å². The molecule has 0 aromatic heterocycles. The van der Waals surface area contributed by atoms with Crippen LogP contribution in [-0.4, -0.2) is 32.4 Å². The van der Waals surface area contributed by atoms with Crippen LogP contribution >= 0.6 is 11.8 Å². The highest BCUT2D eigenvalue weighted by Crippen LogP contribution is 2.38. The zero-order chi connectivity index (χ0) is 17.8. The number of carbonyl (C=O) groups excluding carboxylic acids is 1. The van der Waals surface area contributed by atoms with Gasteiger partial charge in [-0.3, -0.25) is 4.79 Å². The van der Waals surface area contributed by atoms with Crippen LogP contribution in [0, 0.1) is 5.82 Å². The second-order valence-electron chi connectivity index (χ2n) is 5.29. The summed E-state index contributed by atoms with van der Waals surface area (Å²) in [5.41, 5.74) is 1.02. The SMILES string of the molecule is COc1ccc(/C=C/C(=O)c2cc3c(cc2OC)OCCS3)cc1F. The molecule has 0 saturated heterocycles. The number of halogens is 1. The molecule has 6 heteroatoms. The summed E-state index contributed by atoms with van der Waals surface area (Å²) in [6.45, 7) is 0.636. The van der Waals surface area contributed by atoms with Gasteiger partial charge in [0.15, 0.2) is 17.3 Å². The van der Waals surface area contributed by atoms with Crippen LogP contribution in [0.4, 0.5) is 4.39 Å². The molecule has 0 N–H and O–H groups in total. The average Bonchev–Trinajstić information content (AvgIpc) is 2.65. The van der Waals surface area contributed by atoms with Gasteiger partial charge in [0.1, 0.15) is 11.5 Å². The summed E-state index contributed by atoms with van der Waals surface area (Å²) in [5, 5.41) is 0. The maximum absolute atomic E-state index is 13.7. The third kappa shape index (κ3) is 3.79. The Hall–Kier alpha value is -2.47. The summed E-state index contributed by atoms with van der Waals surface area (Å²) in [4.78, 5) is 13.5. The number of hydrogen-bond acceptors (Lipinski definition) is 5. The van der Waals surface area contributed by atoms with Gasteiger partial charge in [-0.1, -0.05) is 12.1 Å². The second kappa shape index (κ2) is 7.61. The summed E-state index contributed by atoms with van der Waals surface area (Å²) in [6.07, 6.45) is 2.97. The van der Waals surface area contributed by atoms with E-state index in [1.165, 1.54) is 32.4 Å². The molecule has 0 bridgehead atoms. The number of fused-ring (bicyclic) bond motifs is 1. The van der Waals surface area contributed by atoms with Crippen molar-refractivity contribution in [1.82, 2.24) is 0 Å². The molecule has 0 amide bonds. The second-order valence-corrected chi connectivity index (χ2v) is 6.42. The third-order valence-corrected chi connectivity index (χ3v) is 4.73. The van der Waals surface area contributed by atoms with Crippen LogP contribution in [-0.2, 0) is 0 Å². The smallest absolute Gasteiger partial charge is 0.189 e. The lowest BCUT2D eigenvalue weighted by atomic mass is 10.1. The van der Waals surface area contributed by atoms with Crippen molar-refractivity contribution in [3.8, 4) is 17.2 Å². The van der Waals surface area contributed by atoms with E-state index in [9.17, 15) is 9.18 Å². The van der Waals surface area contributed by atoms with Crippen LogP contribution in [0.5, 0.6) is 17.2 Å². The zero-order valence-corrected chi connectivity index (χ0v) is 14.7. The quantitative estimate of drug-likeness (QED) is 0.590. The van der Waals surface area contributed by atoms with Crippen molar-refractivity contribution in [2.24, 2.45) is 0 Å². The molecule has 0 unspecified atom stereocenters. The Bertz CT molecular complexity index is 832. The highest BCUT2D eigenvalue weighted by Gasteiger charge is 2.18. The van der Waals surface area contributed by atoms with Crippen LogP contribution in [0.25, 0.3) is 6.08 Å². The van der Waals surface area contributed by atoms with Crippen molar-refractivity contribution in [2.75, 3.05) is 26.6 Å². The first-order chi connectivity index (χ1) is 12.1. The Morgan fingerprint density at radius 1 is 1.20 bits per heavy atom. The van der Waals surface area contributed by atoms with Gasteiger partial charge in [0.05, 0.1) is 31.3 Å². The predicted octanol–water partition coefficient (Wildman–Crippen LogP) is 4.22. The van der Waals surface area contributed by atoms with Crippen molar-refractivity contribution in [3.05, 3.63) is 53.4 Å². The molecule has 25 heavy (non-hydrogen) atoms. The molecule has 0 radical (unpaired) electrons. The fraction of sp³-hybridized carbons (Fsp3) is 0.211. The number of ether oxygens (including phenoxy) is 3. The Labute approximate surface area is 149 Å². The molecule has 1 aliphatic rings. The lowest BCUT2D eigenvalue weighted by Gasteiger charge is -2.18. The van der Waals surface area contributed by atoms with Crippen molar-refractivity contribution in [1.29, 1.82) is 0 Å². The van der Waals surface area contributed by atoms with Crippen molar-refractivity contribution in [3.63, 3.8) is 0 Å². The fourth-order valence-electron chi connectivity index (χ4n) is 2.48. The Morgan fingerprint density at radius 2 is 2.00 bits per heavy atom. The first-order valence-electron chi connectivity index (χ1n) is 7.66. The highest BCUT2D eigenvalue weighted by atomic mass is 32.2. The van der Waals surface area contributed by atoms with E-state index in [1.807, 2.05) is 0 Å². The molecule has 1 heterocycles. The Kier molecular flexibility index (Phi) is 5.28. The van der Waals surface area contributed by atoms with Crippen molar-refractivity contribution < 1.29 is 23.4 Å². The predicted molar refractivity (Wildman–Crippen MR) is 95.5 cm³/mol. The van der Waals surface area contributed by atoms with E-state index in [0.717, 1.165) is 16.4 Å². The minimum atomic E-state index is -0.475. The van der Waals surface area contributed by atoms with E-state index in [2.05, 4.69) is 0 Å². The lowest BCUT2D eigenvalue weighted by molar-refractivity contribution is 0.104. The number of allylic oxidation sites excluding steroid dienone is 1. The largest absolute Gasteiger partial charge is 0.496 e. The van der Waals surface area contributed by atoms with Crippen LogP contribution < -0.4 is 14.2 Å². The van der Waals surface area contributed by atoms with Gasteiger partial charge in [0.2, 0.25) is 0 Å². The summed E-state index contributed by atoms with van der Waals surface area (Å²) < 4.78 is 29.5. The number of thioether (sulfide) groups is 1. The van der Waals surface area contributed by atoms with Crippen molar-refractivity contribution in [2.45, 2.75) is 4.90 Å². The van der Waals surface area contributed by atoms with E-state index in [-0.39, 0.29) is 11.5 Å². The van der Waals surface area contributed by atoms with Crippen molar-refractivity contribution >= 4 is 23.6 Å². The molecule has 4 nitrogen and oxygen atoms in total. The van der Waals surface area contributed by atoms with E-state index >= 15 is 0 Å². The van der Waals surface area contributed by atoms with Crippen LogP contribution in [0.2, 0.25) is 0 Å². The Morgan fingerprint density at radius 3 is 2.72 bits per heavy atom. The molecule has 0 atom stereocenters. The molecule has 3 rings (SSSR count). The zero-order valence-electron chi connectivity index (χ0n) is 13.9. The van der Waals surface area contributed by atoms with Gasteiger partial charge in [0.25, 0.3) is 0 Å². The molecule has 0 fully saturated rings. The molecule has 0 saturated carbocycles. The molecule has 2 aromatic carbocycles. The first kappa shape index (κ1) is 17.4. The van der Waals surface area contributed by atoms with Crippen LogP contribution in [0.3, 0.4) is 0 Å². The number of carbonyl (C=O) groups is 1. The fourth-order valence-corrected chi connectivity index (χ4v) is 3.33. The molecular formula is C19H17FO4S. The van der Waals surface area contributed by atoms with E-state index in [0.29, 0.717) is 23.5 Å². The van der Waals surface area contributed by atoms with Gasteiger partial charge in [-0.2, -0.15) is 0 Å². The molecule has 1 aliphatic heterocycles. The molecule has 0 spiro atoms. The molecular weight excluding hydrogens is 343 g/mol. The number of hydrogen-bond donors (Lipinski definition) is 0. The van der Waals surface area contributed by atoms with Gasteiger partial charge in [-0.05, 0) is 29.8 Å². The average molecular weight is 360 g/mol. The molecule has 2 aromatic rings. The normalized spacial score (nSPS) is 13.2. The van der Waals surface area contributed by atoms with Gasteiger partial charge in [-0.15, -0.1) is 11.8 Å². The third-order valence-electron chi connectivity index (χ3n) is 3.73. The van der Waals surface area contributed by atoms with Gasteiger partial charge < -0.3 is 14.2 Å². The van der Waals surface area contributed by atoms with E-state index in [1.54, 1.807) is 36.0 Å². The number of rotatable bonds is 5. The first-order valence-corrected chi connectivity index (χ1v) is 8.64. The number of methoxy groups -OCH3 is 2. The standard InChI is InChI=1S/C19H17FO4S/c1-22-16-6-4-12(9-14(16)20)3-5-15(21)13-10-19-18(11-17(13)23-2)24-7-8-25-19/h3-6,9-11H,7-8H2,1-2H3/b5-3+. The Balaban J connectivity index is 1.86. The summed E-state index contributed by atoms with van der Waals surface area (Å²) in [5.74, 6) is 1.49. The number of ketones is 1. The minimum Gasteiger partial charge on any atom is -0.496 e. The maximum atomic E-state index is 13.7. The number of benzene rings is 2. The van der Waals surface area contributed by atoms with Gasteiger partial charge >= 0.3 is 0 Å². The minimum absolute atomic E-state index is 0.164. The van der Waals surface area contributed by atoms with Gasteiger partial charge in [0, 0.05) is 11.8 Å². The maximum Gasteiger partial charge on any atom is 0.189 e. The van der Waals surface area contributed by atoms with E-state index in [4.69, 9.17) is 14.2 Å². The van der Waals surface area contributed by atoms with Crippen LogP contribution in [0.15, 0.2) is 41.3 Å². The molecule has 0 aliphatic carbocycles. The van der Waals surface area contributed by atoms with Gasteiger partial charge in [-0.25, -0.2) is 4.39 Å². The molecule has 130 valence electrons. The monoisotopic (exact) mass is 360 g/mol. The summed E-state index contributed by atoms with van der Waals surface area (Å²) in [6, 6.07) is 8.03. The topological polar surface area (TPSA) is 44.8 Å².